The van der Waals surface area contributed by atoms with E-state index in [1.807, 2.05) is 6.07 Å². The van der Waals surface area contributed by atoms with E-state index in [0.29, 0.717) is 17.8 Å². The Morgan fingerprint density at radius 3 is 3.05 bits per heavy atom. The zero-order chi connectivity index (χ0) is 13.2. The largest absolute Gasteiger partial charge is 0.464 e. The molecule has 2 atom stereocenters. The molecular weight excluding hydrogens is 244 g/mol. The number of hydrogen-bond donors (Lipinski definition) is 2. The van der Waals surface area contributed by atoms with Gasteiger partial charge in [0, 0.05) is 24.9 Å². The molecule has 0 radical (unpaired) electrons. The lowest BCUT2D eigenvalue weighted by Gasteiger charge is -2.19. The number of nitrogens with one attached hydrogen (secondary N) is 2. The van der Waals surface area contributed by atoms with Gasteiger partial charge in [-0.3, -0.25) is 0 Å². The van der Waals surface area contributed by atoms with E-state index < -0.39 is 0 Å². The minimum Gasteiger partial charge on any atom is -0.464 e. The number of methoxy groups -OCH3 is 1. The average molecular weight is 264 g/mol. The molecule has 2 N–H and O–H groups in total. The molecule has 2 fully saturated rings. The van der Waals surface area contributed by atoms with Gasteiger partial charge in [0.05, 0.1) is 13.2 Å². The molecule has 2 aliphatic rings. The summed E-state index contributed by atoms with van der Waals surface area (Å²) in [6.45, 7) is 1.59. The van der Waals surface area contributed by atoms with Gasteiger partial charge in [0.2, 0.25) is 0 Å². The molecule has 1 saturated heterocycles. The lowest BCUT2D eigenvalue weighted by atomic mass is 10.1. The minimum atomic E-state index is -0.327. The fraction of sp³-hybridized carbons (Fsp3) is 0.643. The molecule has 1 saturated carbocycles. The van der Waals surface area contributed by atoms with Crippen LogP contribution in [0.3, 0.4) is 0 Å². The van der Waals surface area contributed by atoms with Gasteiger partial charge in [-0.1, -0.05) is 0 Å². The van der Waals surface area contributed by atoms with Crippen molar-refractivity contribution in [2.24, 2.45) is 5.92 Å². The highest BCUT2D eigenvalue weighted by Gasteiger charge is 2.40. The first kappa shape index (κ1) is 12.7. The highest BCUT2D eigenvalue weighted by molar-refractivity contribution is 5.87. The predicted molar refractivity (Wildman–Crippen MR) is 69.8 cm³/mol. The molecule has 3 rings (SSSR count). The van der Waals surface area contributed by atoms with Gasteiger partial charge in [-0.25, -0.2) is 4.79 Å². The molecule has 1 aromatic heterocycles. The Morgan fingerprint density at radius 1 is 1.47 bits per heavy atom. The summed E-state index contributed by atoms with van der Waals surface area (Å²) in [6, 6.07) is 4.12. The van der Waals surface area contributed by atoms with Gasteiger partial charge < -0.3 is 19.8 Å². The van der Waals surface area contributed by atoms with Crippen LogP contribution in [0.25, 0.3) is 0 Å². The number of ether oxygens (including phenoxy) is 2. The second-order valence-corrected chi connectivity index (χ2v) is 5.34. The standard InChI is InChI=1S/C14H20N2O3/c1-18-14(17)12-5-4-10(16-12)8-15-11-6-7-19-13(11)9-2-3-9/h4-5,9,11,13,15-16H,2-3,6-8H2,1H3. The molecule has 0 aromatic carbocycles. The molecule has 0 amide bonds. The Kier molecular flexibility index (Phi) is 3.57. The maximum absolute atomic E-state index is 11.3. The number of carbonyl (C=O) groups is 1. The van der Waals surface area contributed by atoms with Crippen LogP contribution in [0.5, 0.6) is 0 Å². The van der Waals surface area contributed by atoms with Crippen LogP contribution in [0.15, 0.2) is 12.1 Å². The second-order valence-electron chi connectivity index (χ2n) is 5.34. The zero-order valence-electron chi connectivity index (χ0n) is 11.1. The van der Waals surface area contributed by atoms with Crippen LogP contribution in [0.4, 0.5) is 0 Å². The molecule has 2 unspecified atom stereocenters. The van der Waals surface area contributed by atoms with Crippen molar-refractivity contribution in [1.29, 1.82) is 0 Å². The fourth-order valence-electron chi connectivity index (χ4n) is 2.73. The molecule has 0 bridgehead atoms. The average Bonchev–Trinajstić information content (AvgIpc) is 2.99. The number of aromatic amines is 1. The van der Waals surface area contributed by atoms with Crippen LogP contribution >= 0.6 is 0 Å². The maximum Gasteiger partial charge on any atom is 0.354 e. The van der Waals surface area contributed by atoms with E-state index in [0.717, 1.165) is 31.2 Å². The van der Waals surface area contributed by atoms with E-state index in [9.17, 15) is 4.79 Å². The number of aromatic nitrogens is 1. The van der Waals surface area contributed by atoms with Crippen LogP contribution < -0.4 is 5.32 Å². The first-order chi connectivity index (χ1) is 9.28. The van der Waals surface area contributed by atoms with E-state index >= 15 is 0 Å². The highest BCUT2D eigenvalue weighted by Crippen LogP contribution is 2.38. The third-order valence-corrected chi connectivity index (χ3v) is 3.93. The summed E-state index contributed by atoms with van der Waals surface area (Å²) in [7, 11) is 1.39. The van der Waals surface area contributed by atoms with Crippen LogP contribution in [0, 0.1) is 5.92 Å². The van der Waals surface area contributed by atoms with Crippen molar-refractivity contribution in [3.63, 3.8) is 0 Å². The molecule has 1 aliphatic carbocycles. The first-order valence-corrected chi connectivity index (χ1v) is 6.89. The number of carbonyl (C=O) groups excluding carboxylic acids is 1. The number of H-pyrrole nitrogens is 1. The lowest BCUT2D eigenvalue weighted by molar-refractivity contribution is 0.0594. The Hall–Kier alpha value is -1.33. The van der Waals surface area contributed by atoms with Gasteiger partial charge in [0.15, 0.2) is 0 Å². The summed E-state index contributed by atoms with van der Waals surface area (Å²) in [6.07, 6.45) is 4.07. The predicted octanol–water partition coefficient (Wildman–Crippen LogP) is 1.46. The van der Waals surface area contributed by atoms with Gasteiger partial charge in [-0.2, -0.15) is 0 Å². The molecule has 1 aromatic rings. The Bertz CT molecular complexity index is 453. The monoisotopic (exact) mass is 264 g/mol. The van der Waals surface area contributed by atoms with Gasteiger partial charge >= 0.3 is 5.97 Å². The quantitative estimate of drug-likeness (QED) is 0.790. The molecule has 104 valence electrons. The fourth-order valence-corrected chi connectivity index (χ4v) is 2.73. The maximum atomic E-state index is 11.3. The number of esters is 1. The molecule has 0 spiro atoms. The van der Waals surface area contributed by atoms with E-state index in [-0.39, 0.29) is 5.97 Å². The zero-order valence-corrected chi connectivity index (χ0v) is 11.1. The van der Waals surface area contributed by atoms with Crippen molar-refractivity contribution >= 4 is 5.97 Å². The minimum absolute atomic E-state index is 0.327. The van der Waals surface area contributed by atoms with Gasteiger partial charge in [0.25, 0.3) is 0 Å². The topological polar surface area (TPSA) is 63.4 Å². The molecule has 5 heteroatoms. The Balaban J connectivity index is 1.54. The molecular formula is C14H20N2O3. The Morgan fingerprint density at radius 2 is 2.32 bits per heavy atom. The lowest BCUT2D eigenvalue weighted by Crippen LogP contribution is -2.37. The summed E-state index contributed by atoms with van der Waals surface area (Å²) in [5.74, 6) is 0.431. The van der Waals surface area contributed by atoms with E-state index in [1.54, 1.807) is 6.07 Å². The number of rotatable bonds is 5. The summed E-state index contributed by atoms with van der Waals surface area (Å²) in [5.41, 5.74) is 1.50. The first-order valence-electron chi connectivity index (χ1n) is 6.89. The van der Waals surface area contributed by atoms with Crippen molar-refractivity contribution in [1.82, 2.24) is 10.3 Å². The van der Waals surface area contributed by atoms with Crippen molar-refractivity contribution in [3.8, 4) is 0 Å². The SMILES string of the molecule is COC(=O)c1ccc(CNC2CCOC2C2CC2)[nH]1. The van der Waals surface area contributed by atoms with Crippen LogP contribution in [-0.2, 0) is 16.0 Å². The molecule has 19 heavy (non-hydrogen) atoms. The second kappa shape index (κ2) is 5.35. The third kappa shape index (κ3) is 2.82. The van der Waals surface area contributed by atoms with Crippen molar-refractivity contribution < 1.29 is 14.3 Å². The van der Waals surface area contributed by atoms with Crippen LogP contribution in [-0.4, -0.2) is 36.8 Å². The van der Waals surface area contributed by atoms with Gasteiger partial charge in [-0.05, 0) is 37.3 Å². The van der Waals surface area contributed by atoms with Crippen LogP contribution in [0.1, 0.15) is 35.4 Å². The normalized spacial score (nSPS) is 26.6. The summed E-state index contributed by atoms with van der Waals surface area (Å²) in [4.78, 5) is 14.4. The van der Waals surface area contributed by atoms with Crippen molar-refractivity contribution in [2.75, 3.05) is 13.7 Å². The molecule has 2 heterocycles. The summed E-state index contributed by atoms with van der Waals surface area (Å²) < 4.78 is 10.5. The smallest absolute Gasteiger partial charge is 0.354 e. The van der Waals surface area contributed by atoms with Gasteiger partial charge in [-0.15, -0.1) is 0 Å². The van der Waals surface area contributed by atoms with Gasteiger partial charge in [0.1, 0.15) is 5.69 Å². The van der Waals surface area contributed by atoms with E-state index in [4.69, 9.17) is 4.74 Å². The third-order valence-electron chi connectivity index (χ3n) is 3.93. The highest BCUT2D eigenvalue weighted by atomic mass is 16.5. The summed E-state index contributed by atoms with van der Waals surface area (Å²) >= 11 is 0. The Labute approximate surface area is 112 Å². The summed E-state index contributed by atoms with van der Waals surface area (Å²) in [5, 5.41) is 3.53. The number of hydrogen-bond acceptors (Lipinski definition) is 4. The van der Waals surface area contributed by atoms with E-state index in [1.165, 1.54) is 20.0 Å². The molecule has 1 aliphatic heterocycles. The van der Waals surface area contributed by atoms with E-state index in [2.05, 4.69) is 15.0 Å². The molecule has 5 nitrogen and oxygen atoms in total. The van der Waals surface area contributed by atoms with Crippen molar-refractivity contribution in [3.05, 3.63) is 23.5 Å². The van der Waals surface area contributed by atoms with Crippen LogP contribution in [0.2, 0.25) is 0 Å². The van der Waals surface area contributed by atoms with Crippen molar-refractivity contribution in [2.45, 2.75) is 38.0 Å².